The highest BCUT2D eigenvalue weighted by Gasteiger charge is 2.83. The predicted octanol–water partition coefficient (Wildman–Crippen LogP) is 3.19. The van der Waals surface area contributed by atoms with Crippen LogP contribution in [0.4, 0.5) is 0 Å². The van der Waals surface area contributed by atoms with Crippen LogP contribution in [0.5, 0.6) is 0 Å². The van der Waals surface area contributed by atoms with E-state index in [1.54, 1.807) is 32.1 Å². The summed E-state index contributed by atoms with van der Waals surface area (Å²) in [5.41, 5.74) is 0.749. The van der Waals surface area contributed by atoms with Gasteiger partial charge in [-0.2, -0.15) is 0 Å². The van der Waals surface area contributed by atoms with E-state index < -0.39 is 46.7 Å². The molecule has 1 saturated carbocycles. The molecule has 11 nitrogen and oxygen atoms in total. The summed E-state index contributed by atoms with van der Waals surface area (Å²) in [6.45, 7) is 8.59. The van der Waals surface area contributed by atoms with E-state index in [0.29, 0.717) is 38.9 Å². The number of aliphatic hydroxyl groups excluding tert-OH is 2. The molecule has 0 aromatic heterocycles. The normalized spacial score (nSPS) is 34.7. The molecule has 3 unspecified atom stereocenters. The Kier molecular flexibility index (Phi) is 10.4. The fourth-order valence-electron chi connectivity index (χ4n) is 7.55. The Hall–Kier alpha value is -3.09. The van der Waals surface area contributed by atoms with Gasteiger partial charge in [0.15, 0.2) is 0 Å². The number of epoxide rings is 1. The lowest BCUT2D eigenvalue weighted by Crippen LogP contribution is -2.66. The Morgan fingerprint density at radius 1 is 1.24 bits per heavy atom. The molecule has 11 heteroatoms. The van der Waals surface area contributed by atoms with Crippen molar-refractivity contribution in [2.24, 2.45) is 10.8 Å². The van der Waals surface area contributed by atoms with Gasteiger partial charge in [-0.25, -0.2) is 14.4 Å². The molecule has 2 saturated heterocycles. The molecule has 2 aliphatic carbocycles. The Morgan fingerprint density at radius 3 is 2.70 bits per heavy atom. The molecule has 252 valence electrons. The van der Waals surface area contributed by atoms with E-state index in [0.717, 1.165) is 17.6 Å². The van der Waals surface area contributed by atoms with E-state index in [1.165, 1.54) is 23.8 Å². The summed E-state index contributed by atoms with van der Waals surface area (Å²) in [5, 5.41) is 19.3. The number of cyclic esters (lactones) is 1. The molecule has 1 spiro atoms. The molecule has 2 bridgehead atoms. The van der Waals surface area contributed by atoms with Crippen molar-refractivity contribution in [3.05, 3.63) is 59.3 Å². The molecule has 5 aliphatic rings. The summed E-state index contributed by atoms with van der Waals surface area (Å²) in [5.74, 6) is -1.37. The minimum absolute atomic E-state index is 0.0517. The topological polar surface area (TPSA) is 150 Å². The molecule has 2 N–H and O–H groups in total. The zero-order valence-corrected chi connectivity index (χ0v) is 27.1. The first-order valence-corrected chi connectivity index (χ1v) is 16.1. The Bertz CT molecular complexity index is 1340. The zero-order chi connectivity index (χ0) is 33.1. The quantitative estimate of drug-likeness (QED) is 0.0718. The van der Waals surface area contributed by atoms with E-state index in [2.05, 4.69) is 19.9 Å². The average molecular weight is 643 g/mol. The van der Waals surface area contributed by atoms with E-state index in [-0.39, 0.29) is 38.0 Å². The molecule has 0 amide bonds. The van der Waals surface area contributed by atoms with Gasteiger partial charge in [-0.1, -0.05) is 42.4 Å². The number of ether oxygens (including phenoxy) is 6. The van der Waals surface area contributed by atoms with Crippen LogP contribution in [-0.4, -0.2) is 97.3 Å². The highest BCUT2D eigenvalue weighted by Crippen LogP contribution is 2.72. The van der Waals surface area contributed by atoms with Crippen molar-refractivity contribution in [3.63, 3.8) is 0 Å². The number of rotatable bonds is 14. The lowest BCUT2D eigenvalue weighted by atomic mass is 9.51. The molecule has 0 radical (unpaired) electrons. The largest absolute Gasteiger partial charge is 0.462 e. The third kappa shape index (κ3) is 6.66. The van der Waals surface area contributed by atoms with Gasteiger partial charge >= 0.3 is 17.9 Å². The summed E-state index contributed by atoms with van der Waals surface area (Å²) in [4.78, 5) is 37.2. The van der Waals surface area contributed by atoms with Gasteiger partial charge in [-0.05, 0) is 52.0 Å². The van der Waals surface area contributed by atoms with E-state index in [9.17, 15) is 24.6 Å². The predicted molar refractivity (Wildman–Crippen MR) is 165 cm³/mol. The number of fused-ring (bicyclic) bond motifs is 2. The van der Waals surface area contributed by atoms with Gasteiger partial charge in [-0.3, -0.25) is 0 Å². The number of esters is 3. The Morgan fingerprint density at radius 2 is 2.02 bits per heavy atom. The number of carbonyl (C=O) groups is 3. The monoisotopic (exact) mass is 642 g/mol. The maximum atomic E-state index is 13.2. The van der Waals surface area contributed by atoms with Crippen molar-refractivity contribution in [2.45, 2.75) is 95.9 Å². The van der Waals surface area contributed by atoms with Crippen LogP contribution in [0.15, 0.2) is 59.3 Å². The molecular weight excluding hydrogens is 596 g/mol. The van der Waals surface area contributed by atoms with Gasteiger partial charge in [-0.15, -0.1) is 0 Å². The summed E-state index contributed by atoms with van der Waals surface area (Å²) >= 11 is 0. The molecule has 8 atom stereocenters. The van der Waals surface area contributed by atoms with Gasteiger partial charge in [0.05, 0.1) is 36.9 Å². The highest BCUT2D eigenvalue weighted by atomic mass is 16.6. The molecule has 46 heavy (non-hydrogen) atoms. The molecule has 3 aliphatic heterocycles. The Labute approximate surface area is 269 Å². The molecule has 5 rings (SSSR count). The van der Waals surface area contributed by atoms with E-state index in [4.69, 9.17) is 28.4 Å². The lowest BCUT2D eigenvalue weighted by molar-refractivity contribution is -0.232. The first-order valence-electron chi connectivity index (χ1n) is 16.1. The number of allylic oxidation sites excluding steroid dienone is 3. The van der Waals surface area contributed by atoms with Gasteiger partial charge in [0.25, 0.3) is 0 Å². The fraction of sp³-hybridized carbons (Fsp3) is 0.629. The SMILES string of the molecule is CC1=C[C@H]2O[C@@H]3CC(OC(=O)/C=C\C=C\C(OCCC4=CC(=O)OC4)C(C)O)[C@](C)([C@@]2(COC(=O)/C=C(\C)CCO)CC1)[C@]31CO1. The average Bonchev–Trinajstić information content (AvgIpc) is 3.67. The molecule has 0 aromatic carbocycles. The molecule has 3 heterocycles. The smallest absolute Gasteiger partial charge is 0.331 e. The van der Waals surface area contributed by atoms with Crippen LogP contribution >= 0.6 is 0 Å². The second-order valence-corrected chi connectivity index (χ2v) is 13.3. The number of carbonyl (C=O) groups excluding carboxylic acids is 3. The van der Waals surface area contributed by atoms with Gasteiger partial charge < -0.3 is 38.6 Å². The fourth-order valence-corrected chi connectivity index (χ4v) is 7.55. The van der Waals surface area contributed by atoms with Crippen molar-refractivity contribution in [1.29, 1.82) is 0 Å². The van der Waals surface area contributed by atoms with E-state index >= 15 is 0 Å². The van der Waals surface area contributed by atoms with Crippen LogP contribution in [0.25, 0.3) is 0 Å². The summed E-state index contributed by atoms with van der Waals surface area (Å²) < 4.78 is 35.5. The van der Waals surface area contributed by atoms with Gasteiger partial charge in [0.2, 0.25) is 0 Å². The van der Waals surface area contributed by atoms with Crippen LogP contribution in [0.3, 0.4) is 0 Å². The lowest BCUT2D eigenvalue weighted by Gasteiger charge is -2.58. The Balaban J connectivity index is 1.27. The maximum absolute atomic E-state index is 13.2. The number of hydrogen-bond donors (Lipinski definition) is 2. The third-order valence-electron chi connectivity index (χ3n) is 10.4. The standard InChI is InChI=1S/C35H46O11/c1-22-9-12-34(20-43-31(39)16-23(2)10-13-36)28(15-22)45-29-18-27(33(34,4)35(29)21-44-35)46-30(38)8-6-5-7-26(24(3)37)41-14-11-25-17-32(40)42-19-25/h5-8,15-17,24,26-29,36-37H,9-14,18-21H2,1-4H3/b7-5+,8-6-,23-16+/t24?,26?,27?,28-,29-,33-,34-,35+/m1/s1. The summed E-state index contributed by atoms with van der Waals surface area (Å²) in [6.07, 6.45) is 11.4. The first-order chi connectivity index (χ1) is 21.9. The second-order valence-electron chi connectivity index (χ2n) is 13.3. The van der Waals surface area contributed by atoms with Crippen molar-refractivity contribution < 1.29 is 53.0 Å². The van der Waals surface area contributed by atoms with Crippen molar-refractivity contribution in [1.82, 2.24) is 0 Å². The minimum Gasteiger partial charge on any atom is -0.462 e. The van der Waals surface area contributed by atoms with Crippen LogP contribution in [0.2, 0.25) is 0 Å². The second kappa shape index (κ2) is 13.9. The summed E-state index contributed by atoms with van der Waals surface area (Å²) in [6, 6.07) is 0. The number of aliphatic hydroxyl groups is 2. The zero-order valence-electron chi connectivity index (χ0n) is 27.1. The first kappa shape index (κ1) is 34.3. The van der Waals surface area contributed by atoms with Crippen LogP contribution in [0, 0.1) is 10.8 Å². The van der Waals surface area contributed by atoms with Crippen molar-refractivity contribution in [2.75, 3.05) is 33.0 Å². The molecule has 3 fully saturated rings. The van der Waals surface area contributed by atoms with Crippen LogP contribution < -0.4 is 0 Å². The van der Waals surface area contributed by atoms with Crippen LogP contribution in [0.1, 0.15) is 59.8 Å². The maximum Gasteiger partial charge on any atom is 0.331 e. The molecule has 0 aromatic rings. The van der Waals surface area contributed by atoms with E-state index in [1.807, 2.05) is 0 Å². The van der Waals surface area contributed by atoms with Gasteiger partial charge in [0.1, 0.15) is 31.0 Å². The molecular formula is C35H46O11. The third-order valence-corrected chi connectivity index (χ3v) is 10.4. The van der Waals surface area contributed by atoms with Crippen molar-refractivity contribution >= 4 is 17.9 Å². The highest BCUT2D eigenvalue weighted by molar-refractivity contribution is 5.85. The summed E-state index contributed by atoms with van der Waals surface area (Å²) in [7, 11) is 0. The van der Waals surface area contributed by atoms with Crippen molar-refractivity contribution in [3.8, 4) is 0 Å². The van der Waals surface area contributed by atoms with Crippen LogP contribution in [-0.2, 0) is 42.8 Å². The van der Waals surface area contributed by atoms with Gasteiger partial charge in [0, 0.05) is 36.7 Å². The minimum atomic E-state index is -0.792. The number of hydrogen-bond acceptors (Lipinski definition) is 11.